The van der Waals surface area contributed by atoms with E-state index in [9.17, 15) is 19.2 Å². The van der Waals surface area contributed by atoms with E-state index in [0.717, 1.165) is 10.9 Å². The molecule has 2 unspecified atom stereocenters. The lowest BCUT2D eigenvalue weighted by molar-refractivity contribution is -0.129. The number of carbonyl (C=O) groups is 4. The molecule has 0 radical (unpaired) electrons. The number of ether oxygens (including phenoxy) is 1. The number of rotatable bonds is 10. The van der Waals surface area contributed by atoms with Gasteiger partial charge in [-0.15, -0.1) is 11.6 Å². The minimum Gasteiger partial charge on any atom is -0.496 e. The summed E-state index contributed by atoms with van der Waals surface area (Å²) in [5, 5.41) is 9.03. The van der Waals surface area contributed by atoms with Crippen LogP contribution in [0.5, 0.6) is 5.75 Å². The topological polar surface area (TPSA) is 129 Å². The van der Waals surface area contributed by atoms with E-state index in [-0.39, 0.29) is 41.0 Å². The summed E-state index contributed by atoms with van der Waals surface area (Å²) in [6, 6.07) is 5.30. The Hall–Kier alpha value is -3.07. The highest BCUT2D eigenvalue weighted by atomic mass is 35.5. The lowest BCUT2D eigenvalue weighted by atomic mass is 9.87. The average Bonchev–Trinajstić information content (AvgIpc) is 3.42. The van der Waals surface area contributed by atoms with Crippen molar-refractivity contribution in [2.75, 3.05) is 19.5 Å². The largest absolute Gasteiger partial charge is 0.496 e. The molecule has 10 heteroatoms. The van der Waals surface area contributed by atoms with E-state index in [0.29, 0.717) is 25.1 Å². The molecule has 190 valence electrons. The van der Waals surface area contributed by atoms with Gasteiger partial charge in [-0.2, -0.15) is 0 Å². The second-order valence-corrected chi connectivity index (χ2v) is 10.3. The first-order valence-corrected chi connectivity index (χ1v) is 12.2. The van der Waals surface area contributed by atoms with Gasteiger partial charge < -0.3 is 25.7 Å². The Labute approximate surface area is 209 Å². The molecule has 2 heterocycles. The van der Waals surface area contributed by atoms with Gasteiger partial charge >= 0.3 is 0 Å². The summed E-state index contributed by atoms with van der Waals surface area (Å²) in [7, 11) is 1.55. The van der Waals surface area contributed by atoms with Crippen LogP contribution in [0.15, 0.2) is 24.3 Å². The number of aromatic amines is 1. The quantitative estimate of drug-likeness (QED) is 0.369. The zero-order chi connectivity index (χ0) is 25.8. The number of alkyl halides is 1. The number of aromatic nitrogens is 1. The molecule has 4 N–H and O–H groups in total. The first kappa shape index (κ1) is 26.5. The maximum Gasteiger partial charge on any atom is 0.268 e. The van der Waals surface area contributed by atoms with Gasteiger partial charge in [-0.1, -0.05) is 26.8 Å². The summed E-state index contributed by atoms with van der Waals surface area (Å²) in [6.07, 6.45) is 1.09. The number of halogens is 1. The van der Waals surface area contributed by atoms with Crippen molar-refractivity contribution in [3.05, 3.63) is 30.0 Å². The second-order valence-electron chi connectivity index (χ2n) is 10.1. The fourth-order valence-electron chi connectivity index (χ4n) is 4.28. The van der Waals surface area contributed by atoms with Crippen molar-refractivity contribution in [2.24, 2.45) is 11.3 Å². The number of carbonyl (C=O) groups excluding carboxylic acids is 4. The van der Waals surface area contributed by atoms with Crippen molar-refractivity contribution in [3.63, 3.8) is 0 Å². The number of methoxy groups -OCH3 is 1. The van der Waals surface area contributed by atoms with Crippen molar-refractivity contribution in [1.29, 1.82) is 0 Å². The maximum atomic E-state index is 13.3. The van der Waals surface area contributed by atoms with Crippen molar-refractivity contribution >= 4 is 46.0 Å². The zero-order valence-electron chi connectivity index (χ0n) is 20.5. The Morgan fingerprint density at radius 3 is 2.54 bits per heavy atom. The summed E-state index contributed by atoms with van der Waals surface area (Å²) < 4.78 is 5.36. The Bertz CT molecular complexity index is 1110. The van der Waals surface area contributed by atoms with E-state index in [1.165, 1.54) is 0 Å². The van der Waals surface area contributed by atoms with Crippen LogP contribution in [0.4, 0.5) is 0 Å². The molecule has 1 aromatic carbocycles. The molecule has 1 aliphatic heterocycles. The number of amides is 3. The molecular formula is C25H33ClN4O5. The van der Waals surface area contributed by atoms with Crippen LogP contribution in [-0.2, 0) is 14.4 Å². The number of ketones is 1. The molecule has 1 aliphatic rings. The molecule has 1 aromatic heterocycles. The third-order valence-corrected chi connectivity index (χ3v) is 6.31. The molecule has 0 spiro atoms. The van der Waals surface area contributed by atoms with E-state index in [4.69, 9.17) is 16.3 Å². The smallest absolute Gasteiger partial charge is 0.268 e. The van der Waals surface area contributed by atoms with Gasteiger partial charge in [0.25, 0.3) is 5.91 Å². The summed E-state index contributed by atoms with van der Waals surface area (Å²) in [4.78, 5) is 53.9. The highest BCUT2D eigenvalue weighted by Crippen LogP contribution is 2.27. The lowest BCUT2D eigenvalue weighted by Crippen LogP contribution is -2.53. The number of benzene rings is 1. The third-order valence-electron chi connectivity index (χ3n) is 6.05. The van der Waals surface area contributed by atoms with E-state index in [1.807, 2.05) is 32.9 Å². The van der Waals surface area contributed by atoms with Gasteiger partial charge in [0.15, 0.2) is 5.78 Å². The summed E-state index contributed by atoms with van der Waals surface area (Å²) in [6.45, 7) is 6.41. The molecule has 3 atom stereocenters. The van der Waals surface area contributed by atoms with Crippen molar-refractivity contribution in [3.8, 4) is 5.75 Å². The summed E-state index contributed by atoms with van der Waals surface area (Å²) >= 11 is 5.78. The number of Topliss-reactive ketones (excluding diaryl/α,β-unsaturated/α-hetero) is 1. The molecule has 2 aromatic rings. The Morgan fingerprint density at radius 1 is 1.20 bits per heavy atom. The Morgan fingerprint density at radius 2 is 1.94 bits per heavy atom. The number of hydrogen-bond acceptors (Lipinski definition) is 5. The molecule has 35 heavy (non-hydrogen) atoms. The molecule has 3 amide bonds. The van der Waals surface area contributed by atoms with Gasteiger partial charge in [0, 0.05) is 23.4 Å². The zero-order valence-corrected chi connectivity index (χ0v) is 21.3. The van der Waals surface area contributed by atoms with E-state index in [2.05, 4.69) is 20.9 Å². The van der Waals surface area contributed by atoms with Crippen LogP contribution >= 0.6 is 11.6 Å². The Kier molecular flexibility index (Phi) is 8.43. The first-order valence-electron chi connectivity index (χ1n) is 11.7. The fraction of sp³-hybridized carbons (Fsp3) is 0.520. The minimum atomic E-state index is -0.912. The summed E-state index contributed by atoms with van der Waals surface area (Å²) in [5.41, 5.74) is 0.720. The predicted octanol–water partition coefficient (Wildman–Crippen LogP) is 2.53. The van der Waals surface area contributed by atoms with Gasteiger partial charge in [0.05, 0.1) is 19.0 Å². The van der Waals surface area contributed by atoms with Gasteiger partial charge in [-0.3, -0.25) is 19.2 Å². The van der Waals surface area contributed by atoms with Crippen LogP contribution in [0.2, 0.25) is 0 Å². The standard InChI is InChI=1S/C25H33ClN4O5/c1-25(2,3)12-19(24(34)29-17(20(31)13-26)10-14-8-9-27-22(14)32)30-23(33)18-11-15-16(28-18)6-5-7-21(15)35-4/h5-7,11,14,17,19,28H,8-10,12-13H2,1-4H3,(H,27,32)(H,29,34)(H,30,33)/t14?,17-,19?/m0/s1. The molecule has 9 nitrogen and oxygen atoms in total. The molecule has 3 rings (SSSR count). The fourth-order valence-corrected chi connectivity index (χ4v) is 4.46. The number of hydrogen-bond donors (Lipinski definition) is 4. The normalized spacial score (nSPS) is 17.5. The molecule has 0 saturated carbocycles. The minimum absolute atomic E-state index is 0.139. The van der Waals surface area contributed by atoms with E-state index >= 15 is 0 Å². The number of nitrogens with one attached hydrogen (secondary N) is 4. The monoisotopic (exact) mass is 504 g/mol. The van der Waals surface area contributed by atoms with E-state index < -0.39 is 23.9 Å². The predicted molar refractivity (Wildman–Crippen MR) is 134 cm³/mol. The third kappa shape index (κ3) is 6.75. The highest BCUT2D eigenvalue weighted by molar-refractivity contribution is 6.28. The van der Waals surface area contributed by atoms with Gasteiger partial charge in [-0.25, -0.2) is 0 Å². The van der Waals surface area contributed by atoms with Crippen molar-refractivity contribution < 1.29 is 23.9 Å². The van der Waals surface area contributed by atoms with Crippen LogP contribution in [0, 0.1) is 11.3 Å². The number of H-pyrrole nitrogens is 1. The first-order chi connectivity index (χ1) is 16.5. The van der Waals surface area contributed by atoms with Crippen molar-refractivity contribution in [2.45, 2.75) is 52.1 Å². The lowest BCUT2D eigenvalue weighted by Gasteiger charge is -2.28. The van der Waals surface area contributed by atoms with Gasteiger partial charge in [-0.05, 0) is 42.9 Å². The SMILES string of the molecule is COc1cccc2[nH]c(C(=O)NC(CC(C)(C)C)C(=O)N[C@@H](CC3CCNC3=O)C(=O)CCl)cc12. The Balaban J connectivity index is 1.79. The van der Waals surface area contributed by atoms with Crippen LogP contribution in [0.3, 0.4) is 0 Å². The van der Waals surface area contributed by atoms with Gasteiger partial charge in [0.1, 0.15) is 17.5 Å². The summed E-state index contributed by atoms with van der Waals surface area (Å²) in [5.74, 6) is -1.49. The molecular weight excluding hydrogens is 472 g/mol. The number of fused-ring (bicyclic) bond motifs is 1. The second kappa shape index (κ2) is 11.1. The highest BCUT2D eigenvalue weighted by Gasteiger charge is 2.34. The van der Waals surface area contributed by atoms with Gasteiger partial charge in [0.2, 0.25) is 11.8 Å². The molecule has 0 bridgehead atoms. The van der Waals surface area contributed by atoms with Crippen LogP contribution < -0.4 is 20.7 Å². The van der Waals surface area contributed by atoms with Crippen LogP contribution in [0.1, 0.15) is 50.5 Å². The molecule has 1 saturated heterocycles. The molecule has 0 aliphatic carbocycles. The van der Waals surface area contributed by atoms with E-state index in [1.54, 1.807) is 19.2 Å². The maximum absolute atomic E-state index is 13.3. The van der Waals surface area contributed by atoms with Crippen LogP contribution in [-0.4, -0.2) is 60.1 Å². The average molecular weight is 505 g/mol. The van der Waals surface area contributed by atoms with Crippen molar-refractivity contribution in [1.82, 2.24) is 20.9 Å². The van der Waals surface area contributed by atoms with Crippen LogP contribution in [0.25, 0.3) is 10.9 Å². The molecule has 1 fully saturated rings.